The van der Waals surface area contributed by atoms with Gasteiger partial charge < -0.3 is 9.47 Å². The van der Waals surface area contributed by atoms with Crippen LogP contribution < -0.4 is 0 Å². The average Bonchev–Trinajstić information content (AvgIpc) is 2.71. The maximum Gasteiger partial charge on any atom is 0.147 e. The van der Waals surface area contributed by atoms with Crippen LogP contribution in [0.1, 0.15) is 33.1 Å². The van der Waals surface area contributed by atoms with Crippen LogP contribution in [0.2, 0.25) is 0 Å². The van der Waals surface area contributed by atoms with Gasteiger partial charge in [0.1, 0.15) is 6.79 Å². The standard InChI is InChI=1S/C8H16O2/c1-3-7(2)9-6-10-8-4-5-8/h7-8H,3-6H2,1-2H3. The van der Waals surface area contributed by atoms with E-state index in [9.17, 15) is 0 Å². The lowest BCUT2D eigenvalue weighted by molar-refractivity contribution is -0.0909. The number of rotatable bonds is 5. The van der Waals surface area contributed by atoms with Gasteiger partial charge >= 0.3 is 0 Å². The quantitative estimate of drug-likeness (QED) is 0.549. The Morgan fingerprint density at radius 2 is 2.20 bits per heavy atom. The fourth-order valence-corrected chi connectivity index (χ4v) is 0.604. The third-order valence-electron chi connectivity index (χ3n) is 1.76. The third-order valence-corrected chi connectivity index (χ3v) is 1.76. The van der Waals surface area contributed by atoms with E-state index < -0.39 is 0 Å². The average molecular weight is 144 g/mol. The minimum atomic E-state index is 0.346. The van der Waals surface area contributed by atoms with Crippen molar-refractivity contribution in [2.24, 2.45) is 0 Å². The number of ether oxygens (including phenoxy) is 2. The minimum absolute atomic E-state index is 0.346. The molecule has 1 rings (SSSR count). The van der Waals surface area contributed by atoms with Crippen molar-refractivity contribution in [3.05, 3.63) is 0 Å². The van der Waals surface area contributed by atoms with Crippen molar-refractivity contribution in [2.75, 3.05) is 6.79 Å². The van der Waals surface area contributed by atoms with E-state index in [4.69, 9.17) is 9.47 Å². The van der Waals surface area contributed by atoms with Crippen LogP contribution in [0, 0.1) is 0 Å². The van der Waals surface area contributed by atoms with Gasteiger partial charge in [-0.25, -0.2) is 0 Å². The molecule has 1 fully saturated rings. The SMILES string of the molecule is CCC(C)OCOC1CC1. The molecule has 0 radical (unpaired) electrons. The van der Waals surface area contributed by atoms with Crippen molar-refractivity contribution in [1.82, 2.24) is 0 Å². The highest BCUT2D eigenvalue weighted by Gasteiger charge is 2.21. The first kappa shape index (κ1) is 8.02. The van der Waals surface area contributed by atoms with Crippen molar-refractivity contribution in [2.45, 2.75) is 45.3 Å². The van der Waals surface area contributed by atoms with Gasteiger partial charge in [-0.05, 0) is 26.2 Å². The Labute approximate surface area is 62.5 Å². The molecule has 0 amide bonds. The fourth-order valence-electron chi connectivity index (χ4n) is 0.604. The predicted octanol–water partition coefficient (Wildman–Crippen LogP) is 1.94. The zero-order chi connectivity index (χ0) is 7.40. The van der Waals surface area contributed by atoms with Crippen LogP contribution in [0.4, 0.5) is 0 Å². The molecular formula is C8H16O2. The lowest BCUT2D eigenvalue weighted by Gasteiger charge is -2.09. The molecule has 1 atom stereocenters. The van der Waals surface area contributed by atoms with Gasteiger partial charge in [-0.1, -0.05) is 6.92 Å². The van der Waals surface area contributed by atoms with E-state index in [0.717, 1.165) is 6.42 Å². The van der Waals surface area contributed by atoms with Gasteiger partial charge in [-0.3, -0.25) is 0 Å². The largest absolute Gasteiger partial charge is 0.352 e. The summed E-state index contributed by atoms with van der Waals surface area (Å²) in [6, 6.07) is 0. The Morgan fingerprint density at radius 1 is 1.50 bits per heavy atom. The molecule has 0 aromatic carbocycles. The summed E-state index contributed by atoms with van der Waals surface area (Å²) in [5.74, 6) is 0. The summed E-state index contributed by atoms with van der Waals surface area (Å²) >= 11 is 0. The molecule has 0 aromatic rings. The van der Waals surface area contributed by atoms with E-state index in [-0.39, 0.29) is 0 Å². The van der Waals surface area contributed by atoms with Gasteiger partial charge in [0, 0.05) is 0 Å². The van der Waals surface area contributed by atoms with E-state index in [0.29, 0.717) is 19.0 Å². The first-order chi connectivity index (χ1) is 4.83. The normalized spacial score (nSPS) is 21.0. The second-order valence-electron chi connectivity index (χ2n) is 2.87. The molecule has 1 saturated carbocycles. The minimum Gasteiger partial charge on any atom is -0.352 e. The molecule has 1 aliphatic carbocycles. The lowest BCUT2D eigenvalue weighted by atomic mass is 10.3. The van der Waals surface area contributed by atoms with Crippen molar-refractivity contribution < 1.29 is 9.47 Å². The molecular weight excluding hydrogens is 128 g/mol. The smallest absolute Gasteiger partial charge is 0.147 e. The molecule has 0 N–H and O–H groups in total. The molecule has 1 unspecified atom stereocenters. The molecule has 0 saturated heterocycles. The summed E-state index contributed by atoms with van der Waals surface area (Å²) in [4.78, 5) is 0. The van der Waals surface area contributed by atoms with Gasteiger partial charge in [0.15, 0.2) is 0 Å². The Balaban J connectivity index is 1.83. The van der Waals surface area contributed by atoms with Gasteiger partial charge in [-0.2, -0.15) is 0 Å². The van der Waals surface area contributed by atoms with Crippen LogP contribution in [0.3, 0.4) is 0 Å². The first-order valence-corrected chi connectivity index (χ1v) is 4.06. The van der Waals surface area contributed by atoms with Crippen LogP contribution in [0.15, 0.2) is 0 Å². The second kappa shape index (κ2) is 3.94. The van der Waals surface area contributed by atoms with E-state index in [1.807, 2.05) is 0 Å². The summed E-state index contributed by atoms with van der Waals surface area (Å²) in [7, 11) is 0. The highest BCUT2D eigenvalue weighted by atomic mass is 16.7. The van der Waals surface area contributed by atoms with E-state index >= 15 is 0 Å². The first-order valence-electron chi connectivity index (χ1n) is 4.06. The van der Waals surface area contributed by atoms with Crippen molar-refractivity contribution in [3.8, 4) is 0 Å². The van der Waals surface area contributed by atoms with Crippen LogP contribution in [0.25, 0.3) is 0 Å². The molecule has 60 valence electrons. The Kier molecular flexibility index (Phi) is 3.16. The topological polar surface area (TPSA) is 18.5 Å². The number of hydrogen-bond acceptors (Lipinski definition) is 2. The summed E-state index contributed by atoms with van der Waals surface area (Å²) in [5.41, 5.74) is 0. The number of hydrogen-bond donors (Lipinski definition) is 0. The van der Waals surface area contributed by atoms with Crippen molar-refractivity contribution >= 4 is 0 Å². The van der Waals surface area contributed by atoms with Crippen molar-refractivity contribution in [3.63, 3.8) is 0 Å². The summed E-state index contributed by atoms with van der Waals surface area (Å²) < 4.78 is 10.6. The maximum atomic E-state index is 5.32. The molecule has 2 heteroatoms. The van der Waals surface area contributed by atoms with E-state index in [1.54, 1.807) is 0 Å². The lowest BCUT2D eigenvalue weighted by Crippen LogP contribution is -2.10. The molecule has 1 aliphatic rings. The van der Waals surface area contributed by atoms with Gasteiger partial charge in [0.2, 0.25) is 0 Å². The zero-order valence-corrected chi connectivity index (χ0v) is 6.80. The Bertz CT molecular complexity index is 89.3. The summed E-state index contributed by atoms with van der Waals surface area (Å²) in [5, 5.41) is 0. The molecule has 0 aromatic heterocycles. The molecule has 0 aliphatic heterocycles. The van der Waals surface area contributed by atoms with Crippen LogP contribution in [-0.2, 0) is 9.47 Å². The fraction of sp³-hybridized carbons (Fsp3) is 1.00. The predicted molar refractivity (Wildman–Crippen MR) is 39.8 cm³/mol. The molecule has 0 heterocycles. The van der Waals surface area contributed by atoms with Crippen LogP contribution in [-0.4, -0.2) is 19.0 Å². The van der Waals surface area contributed by atoms with Gasteiger partial charge in [-0.15, -0.1) is 0 Å². The van der Waals surface area contributed by atoms with Crippen molar-refractivity contribution in [1.29, 1.82) is 0 Å². The Hall–Kier alpha value is -0.0800. The second-order valence-corrected chi connectivity index (χ2v) is 2.87. The summed E-state index contributed by atoms with van der Waals surface area (Å²) in [6.07, 6.45) is 4.38. The monoisotopic (exact) mass is 144 g/mol. The molecule has 0 spiro atoms. The molecule has 0 bridgehead atoms. The van der Waals surface area contributed by atoms with E-state index in [1.165, 1.54) is 12.8 Å². The van der Waals surface area contributed by atoms with Gasteiger partial charge in [0.05, 0.1) is 12.2 Å². The highest BCUT2D eigenvalue weighted by molar-refractivity contribution is 4.72. The van der Waals surface area contributed by atoms with Crippen LogP contribution in [0.5, 0.6) is 0 Å². The van der Waals surface area contributed by atoms with E-state index in [2.05, 4.69) is 13.8 Å². The van der Waals surface area contributed by atoms with Crippen LogP contribution >= 0.6 is 0 Å². The molecule has 2 nitrogen and oxygen atoms in total. The highest BCUT2D eigenvalue weighted by Crippen LogP contribution is 2.23. The maximum absolute atomic E-state index is 5.32. The Morgan fingerprint density at radius 3 is 2.70 bits per heavy atom. The summed E-state index contributed by atoms with van der Waals surface area (Å²) in [6.45, 7) is 4.66. The third kappa shape index (κ3) is 3.18. The van der Waals surface area contributed by atoms with Gasteiger partial charge in [0.25, 0.3) is 0 Å². The zero-order valence-electron chi connectivity index (χ0n) is 6.80. The molecule has 10 heavy (non-hydrogen) atoms.